The number of hydrogen-bond acceptors (Lipinski definition) is 21. The van der Waals surface area contributed by atoms with Crippen molar-refractivity contribution in [1.82, 2.24) is 5.32 Å². The molecule has 1 N–H and O–H groups in total. The van der Waals surface area contributed by atoms with E-state index in [1.165, 1.54) is 36.4 Å². The summed E-state index contributed by atoms with van der Waals surface area (Å²) in [6.45, 7) is 12.8. The van der Waals surface area contributed by atoms with Gasteiger partial charge in [0.05, 0.1) is 46.9 Å². The van der Waals surface area contributed by atoms with Crippen LogP contribution in [0.3, 0.4) is 0 Å². The van der Waals surface area contributed by atoms with Crippen molar-refractivity contribution in [3.05, 3.63) is 69.8 Å². The maximum atomic E-state index is 13.2. The normalized spacial score (nSPS) is 15.2. The van der Waals surface area contributed by atoms with Gasteiger partial charge in [-0.25, -0.2) is 19.2 Å². The monoisotopic (exact) mass is 1040 g/mol. The number of cyclic esters (lactones) is 4. The molecule has 1 amide bonds. The van der Waals surface area contributed by atoms with E-state index in [1.54, 1.807) is 27.7 Å². The van der Waals surface area contributed by atoms with Crippen LogP contribution in [0.2, 0.25) is 6.04 Å². The van der Waals surface area contributed by atoms with E-state index < -0.39 is 82.0 Å². The number of carbonyl (C=O) groups excluding carboxylic acids is 10. The maximum absolute atomic E-state index is 13.2. The van der Waals surface area contributed by atoms with E-state index in [-0.39, 0.29) is 84.1 Å². The lowest BCUT2D eigenvalue weighted by molar-refractivity contribution is -0.162. The van der Waals surface area contributed by atoms with Crippen LogP contribution in [0.5, 0.6) is 0 Å². The summed E-state index contributed by atoms with van der Waals surface area (Å²) in [5.74, 6) is -5.44. The Kier molecular flexibility index (Phi) is 22.1. The number of thioether (sulfide) groups is 3. The molecule has 19 nitrogen and oxygen atoms in total. The van der Waals surface area contributed by atoms with Gasteiger partial charge in [0.25, 0.3) is 5.24 Å². The van der Waals surface area contributed by atoms with Gasteiger partial charge < -0.3 is 42.3 Å². The molecule has 376 valence electrons. The second-order valence-corrected chi connectivity index (χ2v) is 22.9. The molecule has 0 aromatic heterocycles. The summed E-state index contributed by atoms with van der Waals surface area (Å²) in [5, 5.41) is -0.181. The summed E-state index contributed by atoms with van der Waals surface area (Å²) in [7, 11) is -2.88. The molecular formula is C46H57NO18S3Si. The number of hydrogen-bond donors (Lipinski definition) is 1. The summed E-state index contributed by atoms with van der Waals surface area (Å²) < 4.78 is 43.7. The number of carbonyl (C=O) groups is 10. The fourth-order valence-corrected chi connectivity index (χ4v) is 11.9. The molecule has 2 aliphatic heterocycles. The molecule has 23 heteroatoms. The number of benzene rings is 2. The largest absolute Gasteiger partial charge is 0.500 e. The Hall–Kier alpha value is -4.91. The minimum Gasteiger partial charge on any atom is -0.465 e. The van der Waals surface area contributed by atoms with E-state index in [1.807, 2.05) is 20.8 Å². The second-order valence-electron chi connectivity index (χ2n) is 16.0. The second kappa shape index (κ2) is 26.9. The van der Waals surface area contributed by atoms with E-state index in [4.69, 9.17) is 27.5 Å². The molecular weight excluding hydrogens is 979 g/mol. The van der Waals surface area contributed by atoms with Crippen LogP contribution in [0.25, 0.3) is 0 Å². The van der Waals surface area contributed by atoms with Crippen LogP contribution in [-0.4, -0.2) is 128 Å². The highest BCUT2D eigenvalue weighted by atomic mass is 32.2. The van der Waals surface area contributed by atoms with E-state index in [0.717, 1.165) is 35.3 Å². The molecule has 2 aliphatic rings. The highest BCUT2D eigenvalue weighted by Gasteiger charge is 2.40. The lowest BCUT2D eigenvalue weighted by Gasteiger charge is -2.31. The lowest BCUT2D eigenvalue weighted by Crippen LogP contribution is -2.46. The van der Waals surface area contributed by atoms with E-state index in [0.29, 0.717) is 38.8 Å². The van der Waals surface area contributed by atoms with Crippen molar-refractivity contribution in [3.8, 4) is 0 Å². The van der Waals surface area contributed by atoms with Crippen LogP contribution in [0.4, 0.5) is 4.79 Å². The lowest BCUT2D eigenvalue weighted by atomic mass is 9.88. The Labute approximate surface area is 413 Å². The Balaban J connectivity index is 1.33. The number of ether oxygens (including phenoxy) is 5. The molecule has 3 atom stereocenters. The Morgan fingerprint density at radius 3 is 1.33 bits per heavy atom. The first-order chi connectivity index (χ1) is 32.8. The predicted molar refractivity (Wildman–Crippen MR) is 255 cm³/mol. The molecule has 0 saturated heterocycles. The number of nitrogens with one attached hydrogen (secondary N) is 1. The highest BCUT2D eigenvalue weighted by molar-refractivity contribution is 8.15. The Morgan fingerprint density at radius 1 is 0.580 bits per heavy atom. The minimum atomic E-state index is -2.88. The molecule has 0 saturated carbocycles. The summed E-state index contributed by atoms with van der Waals surface area (Å²) >= 11 is 2.54. The van der Waals surface area contributed by atoms with Crippen LogP contribution in [-0.2, 0) is 51.3 Å². The zero-order valence-corrected chi connectivity index (χ0v) is 42.9. The topological polar surface area (TPSA) is 257 Å². The molecule has 3 unspecified atom stereocenters. The first-order valence-electron chi connectivity index (χ1n) is 22.3. The van der Waals surface area contributed by atoms with Gasteiger partial charge in [0.1, 0.15) is 19.8 Å². The Bertz CT molecular complexity index is 2140. The van der Waals surface area contributed by atoms with E-state index in [2.05, 4.69) is 14.8 Å². The summed E-state index contributed by atoms with van der Waals surface area (Å²) in [5.41, 5.74) is -0.972. The van der Waals surface area contributed by atoms with Gasteiger partial charge in [-0.2, -0.15) is 0 Å². The number of esters is 7. The van der Waals surface area contributed by atoms with Gasteiger partial charge in [0.15, 0.2) is 0 Å². The molecule has 4 rings (SSSR count). The van der Waals surface area contributed by atoms with E-state index >= 15 is 0 Å². The zero-order chi connectivity index (χ0) is 50.9. The summed E-state index contributed by atoms with van der Waals surface area (Å²) in [4.78, 5) is 126. The van der Waals surface area contributed by atoms with Gasteiger partial charge in [-0.05, 0) is 70.0 Å². The molecule has 2 heterocycles. The van der Waals surface area contributed by atoms with Crippen LogP contribution < -0.4 is 5.32 Å². The third kappa shape index (κ3) is 16.9. The average Bonchev–Trinajstić information content (AvgIpc) is 3.75. The van der Waals surface area contributed by atoms with Gasteiger partial charge in [0.2, 0.25) is 10.2 Å². The SMILES string of the molecule is CCO[Si](CCCNC(=O)SC(C)CC(=O)OCC(CC)(COC(=O)CC(C)SC(=O)c1ccc2c(c1)C(=O)OC2=O)COC(=O)CC(C)SC(=O)c1ccc2c(c1)C(=O)OC2=O)(OCC)OCC. The standard InChI is InChI=1S/C46H57NO18S3Si/c1-8-46(24-58-36(48)19-27(5)66-43(55)30-13-15-32-34(22-30)41(53)64-39(32)51,25-59-37(49)20-28(6)67-44(56)31-14-16-33-35(23-31)42(54)65-40(33)52)26-60-38(50)21-29(7)68-45(57)47-17-12-18-69(61-9-2,62-10-3)63-11-4/h13-16,22-23,27-29H,8-12,17-21,24-26H2,1-7H3,(H,47,57). The van der Waals surface area contributed by atoms with Crippen molar-refractivity contribution < 1.29 is 84.9 Å². The quantitative estimate of drug-likeness (QED) is 0.0296. The number of fused-ring (bicyclic) bond motifs is 2. The van der Waals surface area contributed by atoms with E-state index in [9.17, 15) is 47.9 Å². The molecule has 0 spiro atoms. The van der Waals surface area contributed by atoms with Gasteiger partial charge in [0, 0.05) is 59.3 Å². The predicted octanol–water partition coefficient (Wildman–Crippen LogP) is 7.00. The van der Waals surface area contributed by atoms with Crippen LogP contribution >= 0.6 is 35.3 Å². The third-order valence-corrected chi connectivity index (χ3v) is 16.6. The summed E-state index contributed by atoms with van der Waals surface area (Å²) in [6, 6.07) is 8.43. The maximum Gasteiger partial charge on any atom is 0.500 e. The number of rotatable bonds is 28. The Morgan fingerprint density at radius 2 is 0.957 bits per heavy atom. The average molecular weight is 1040 g/mol. The molecule has 0 fully saturated rings. The van der Waals surface area contributed by atoms with Gasteiger partial charge in [-0.3, -0.25) is 28.8 Å². The third-order valence-electron chi connectivity index (χ3n) is 10.4. The van der Waals surface area contributed by atoms with Gasteiger partial charge in [-0.1, -0.05) is 63.0 Å². The van der Waals surface area contributed by atoms with Crippen molar-refractivity contribution in [2.24, 2.45) is 5.41 Å². The van der Waals surface area contributed by atoms with Crippen molar-refractivity contribution >= 4 is 101 Å². The first kappa shape index (κ1) is 56.7. The summed E-state index contributed by atoms with van der Waals surface area (Å²) in [6.07, 6.45) is 0.0903. The molecule has 0 bridgehead atoms. The minimum absolute atomic E-state index is 0.0330. The van der Waals surface area contributed by atoms with Crippen molar-refractivity contribution in [3.63, 3.8) is 0 Å². The van der Waals surface area contributed by atoms with Crippen LogP contribution in [0.15, 0.2) is 36.4 Å². The molecule has 2 aromatic rings. The van der Waals surface area contributed by atoms with Crippen molar-refractivity contribution in [2.45, 2.75) is 102 Å². The molecule has 69 heavy (non-hydrogen) atoms. The first-order valence-corrected chi connectivity index (χ1v) is 26.9. The van der Waals surface area contributed by atoms with Crippen molar-refractivity contribution in [1.29, 1.82) is 0 Å². The van der Waals surface area contributed by atoms with Crippen molar-refractivity contribution in [2.75, 3.05) is 46.2 Å². The molecule has 0 radical (unpaired) electrons. The fourth-order valence-electron chi connectivity index (χ4n) is 6.78. The van der Waals surface area contributed by atoms with Gasteiger partial charge >= 0.3 is 50.6 Å². The highest BCUT2D eigenvalue weighted by Crippen LogP contribution is 2.30. The van der Waals surface area contributed by atoms with Gasteiger partial charge in [-0.15, -0.1) is 0 Å². The zero-order valence-electron chi connectivity index (χ0n) is 39.5. The fraction of sp³-hybridized carbons (Fsp3) is 0.522. The number of amides is 1. The molecule has 0 aliphatic carbocycles. The van der Waals surface area contributed by atoms with Crippen LogP contribution in [0.1, 0.15) is 143 Å². The smallest absolute Gasteiger partial charge is 0.465 e. The van der Waals surface area contributed by atoms with Crippen LogP contribution in [0, 0.1) is 5.41 Å². The molecule has 2 aromatic carbocycles.